The summed E-state index contributed by atoms with van der Waals surface area (Å²) in [4.78, 5) is 11.9. The fourth-order valence-electron chi connectivity index (χ4n) is 1.81. The number of aromatic nitrogens is 4. The van der Waals surface area contributed by atoms with Crippen LogP contribution in [0.4, 0.5) is 0 Å². The van der Waals surface area contributed by atoms with Crippen molar-refractivity contribution in [3.63, 3.8) is 0 Å². The van der Waals surface area contributed by atoms with E-state index >= 15 is 0 Å². The van der Waals surface area contributed by atoms with Crippen LogP contribution in [0.25, 0.3) is 0 Å². The van der Waals surface area contributed by atoms with Gasteiger partial charge in [0.05, 0.1) is 26.9 Å². The zero-order chi connectivity index (χ0) is 15.4. The highest BCUT2D eigenvalue weighted by Gasteiger charge is 2.09. The minimum atomic E-state index is -0.0165. The Morgan fingerprint density at radius 3 is 2.52 bits per heavy atom. The Hall–Kier alpha value is -1.15. The molecule has 0 aliphatic heterocycles. The van der Waals surface area contributed by atoms with E-state index in [1.54, 1.807) is 4.68 Å². The lowest BCUT2D eigenvalue weighted by molar-refractivity contribution is -0.121. The van der Waals surface area contributed by atoms with E-state index in [-0.39, 0.29) is 5.91 Å². The van der Waals surface area contributed by atoms with Gasteiger partial charge < -0.3 is 5.32 Å². The van der Waals surface area contributed by atoms with Crippen LogP contribution in [0.3, 0.4) is 0 Å². The second-order valence-corrected chi connectivity index (χ2v) is 6.34. The first-order chi connectivity index (χ1) is 9.99. The Kier molecular flexibility index (Phi) is 5.58. The topological polar surface area (TPSA) is 64.7 Å². The Morgan fingerprint density at radius 1 is 1.24 bits per heavy atom. The maximum absolute atomic E-state index is 11.9. The Morgan fingerprint density at radius 2 is 1.95 bits per heavy atom. The van der Waals surface area contributed by atoms with Gasteiger partial charge in [-0.3, -0.25) is 14.2 Å². The predicted octanol–water partition coefficient (Wildman–Crippen LogP) is 2.64. The monoisotopic (exact) mass is 417 g/mol. The zero-order valence-corrected chi connectivity index (χ0v) is 15.1. The fourth-order valence-corrected chi connectivity index (χ4v) is 2.59. The number of rotatable bonds is 6. The van der Waals surface area contributed by atoms with Crippen LogP contribution in [0, 0.1) is 6.92 Å². The van der Waals surface area contributed by atoms with Crippen molar-refractivity contribution in [1.82, 2.24) is 24.9 Å². The highest BCUT2D eigenvalue weighted by Crippen LogP contribution is 2.15. The molecule has 0 radical (unpaired) electrons. The first kappa shape index (κ1) is 16.2. The molecule has 6 nitrogen and oxygen atoms in total. The molecule has 0 aliphatic rings. The van der Waals surface area contributed by atoms with Crippen molar-refractivity contribution in [1.29, 1.82) is 0 Å². The van der Waals surface area contributed by atoms with E-state index in [1.165, 1.54) is 0 Å². The summed E-state index contributed by atoms with van der Waals surface area (Å²) in [5, 5.41) is 11.5. The molecule has 2 heterocycles. The summed E-state index contributed by atoms with van der Waals surface area (Å²) in [7, 11) is 0. The van der Waals surface area contributed by atoms with Crippen LogP contribution in [0.2, 0.25) is 0 Å². The van der Waals surface area contributed by atoms with Gasteiger partial charge >= 0.3 is 0 Å². The summed E-state index contributed by atoms with van der Waals surface area (Å²) in [5.41, 5.74) is 1.76. The molecule has 1 amide bonds. The molecular weight excluding hydrogens is 402 g/mol. The van der Waals surface area contributed by atoms with E-state index < -0.39 is 0 Å². The van der Waals surface area contributed by atoms with Gasteiger partial charge in [-0.15, -0.1) is 0 Å². The molecule has 21 heavy (non-hydrogen) atoms. The Labute approximate surface area is 140 Å². The number of carbonyl (C=O) groups excluding carboxylic acids is 1. The lowest BCUT2D eigenvalue weighted by Crippen LogP contribution is -2.24. The number of nitrogens with zero attached hydrogens (tertiary/aromatic N) is 4. The van der Waals surface area contributed by atoms with Crippen molar-refractivity contribution in [2.24, 2.45) is 0 Å². The molecule has 1 N–H and O–H groups in total. The molecule has 0 saturated heterocycles. The van der Waals surface area contributed by atoms with E-state index in [2.05, 4.69) is 47.4 Å². The number of halogens is 2. The fraction of sp³-hybridized carbons (Fsp3) is 0.462. The lowest BCUT2D eigenvalue weighted by Gasteiger charge is -2.04. The second kappa shape index (κ2) is 7.22. The lowest BCUT2D eigenvalue weighted by atomic mass is 10.3. The highest BCUT2D eigenvalue weighted by atomic mass is 79.9. The number of hydrogen-bond donors (Lipinski definition) is 1. The van der Waals surface area contributed by atoms with Crippen LogP contribution < -0.4 is 5.32 Å². The normalized spacial score (nSPS) is 10.9. The molecular formula is C13H17Br2N5O. The third-order valence-corrected chi connectivity index (χ3v) is 4.46. The van der Waals surface area contributed by atoms with E-state index in [1.807, 2.05) is 30.9 Å². The summed E-state index contributed by atoms with van der Waals surface area (Å²) in [5.74, 6) is -0.0165. The van der Waals surface area contributed by atoms with Crippen molar-refractivity contribution in [2.45, 2.75) is 39.9 Å². The van der Waals surface area contributed by atoms with Gasteiger partial charge in [0.25, 0.3) is 0 Å². The number of amides is 1. The highest BCUT2D eigenvalue weighted by molar-refractivity contribution is 9.10. The van der Waals surface area contributed by atoms with Crippen molar-refractivity contribution >= 4 is 37.8 Å². The first-order valence-corrected chi connectivity index (χ1v) is 8.26. The van der Waals surface area contributed by atoms with Crippen LogP contribution in [0.15, 0.2) is 21.3 Å². The van der Waals surface area contributed by atoms with Gasteiger partial charge in [-0.1, -0.05) is 0 Å². The molecule has 2 aromatic rings. The number of nitrogens with one attached hydrogen (secondary N) is 1. The third kappa shape index (κ3) is 4.41. The number of aryl methyl sites for hydroxylation is 3. The van der Waals surface area contributed by atoms with Gasteiger partial charge in [-0.2, -0.15) is 10.2 Å². The van der Waals surface area contributed by atoms with Gasteiger partial charge in [0.2, 0.25) is 5.91 Å². The molecule has 0 atom stereocenters. The molecule has 2 aromatic heterocycles. The van der Waals surface area contributed by atoms with E-state index in [0.29, 0.717) is 19.5 Å². The SMILES string of the molecule is CCn1cc(Br)c(CNC(=O)CCn2cc(Br)c(C)n2)n1. The first-order valence-electron chi connectivity index (χ1n) is 6.67. The molecule has 2 rings (SSSR count). The van der Waals surface area contributed by atoms with Gasteiger partial charge in [-0.25, -0.2) is 0 Å². The molecule has 8 heteroatoms. The molecule has 0 spiro atoms. The number of hydrogen-bond acceptors (Lipinski definition) is 3. The maximum Gasteiger partial charge on any atom is 0.222 e. The standard InChI is InChI=1S/C13H17Br2N5O/c1-3-19-8-11(15)12(18-19)6-16-13(21)4-5-20-7-10(14)9(2)17-20/h7-8H,3-6H2,1-2H3,(H,16,21). The van der Waals surface area contributed by atoms with Crippen LogP contribution >= 0.6 is 31.9 Å². The summed E-state index contributed by atoms with van der Waals surface area (Å²) in [6, 6.07) is 0. The quantitative estimate of drug-likeness (QED) is 0.784. The van der Waals surface area contributed by atoms with Crippen LogP contribution in [0.5, 0.6) is 0 Å². The van der Waals surface area contributed by atoms with E-state index in [4.69, 9.17) is 0 Å². The van der Waals surface area contributed by atoms with Crippen molar-refractivity contribution in [3.8, 4) is 0 Å². The third-order valence-electron chi connectivity index (χ3n) is 3.02. The Balaban J connectivity index is 1.80. The molecule has 0 aliphatic carbocycles. The molecule has 114 valence electrons. The van der Waals surface area contributed by atoms with Gasteiger partial charge in [0, 0.05) is 31.9 Å². The molecule has 0 saturated carbocycles. The van der Waals surface area contributed by atoms with Crippen LogP contribution in [-0.2, 0) is 24.4 Å². The Bertz CT molecular complexity index is 615. The molecule has 0 unspecified atom stereocenters. The minimum Gasteiger partial charge on any atom is -0.350 e. The maximum atomic E-state index is 11.9. The second-order valence-electron chi connectivity index (χ2n) is 4.63. The van der Waals surface area contributed by atoms with E-state index in [9.17, 15) is 4.79 Å². The summed E-state index contributed by atoms with van der Waals surface area (Å²) >= 11 is 6.84. The van der Waals surface area contributed by atoms with Crippen molar-refractivity contribution in [3.05, 3.63) is 32.7 Å². The van der Waals surface area contributed by atoms with Gasteiger partial charge in [-0.05, 0) is 45.7 Å². The van der Waals surface area contributed by atoms with Gasteiger partial charge in [0.1, 0.15) is 0 Å². The average molecular weight is 419 g/mol. The zero-order valence-electron chi connectivity index (χ0n) is 11.9. The smallest absolute Gasteiger partial charge is 0.222 e. The van der Waals surface area contributed by atoms with Crippen molar-refractivity contribution in [2.75, 3.05) is 0 Å². The summed E-state index contributed by atoms with van der Waals surface area (Å²) in [6.45, 7) is 5.73. The summed E-state index contributed by atoms with van der Waals surface area (Å²) < 4.78 is 5.46. The minimum absolute atomic E-state index is 0.0165. The average Bonchev–Trinajstić information content (AvgIpc) is 2.97. The summed E-state index contributed by atoms with van der Waals surface area (Å²) in [6.07, 6.45) is 4.17. The van der Waals surface area contributed by atoms with Gasteiger partial charge in [0.15, 0.2) is 0 Å². The van der Waals surface area contributed by atoms with Crippen LogP contribution in [-0.4, -0.2) is 25.5 Å². The largest absolute Gasteiger partial charge is 0.350 e. The molecule has 0 bridgehead atoms. The number of carbonyl (C=O) groups is 1. The van der Waals surface area contributed by atoms with E-state index in [0.717, 1.165) is 26.9 Å². The van der Waals surface area contributed by atoms with Crippen molar-refractivity contribution < 1.29 is 4.79 Å². The van der Waals surface area contributed by atoms with Crippen LogP contribution in [0.1, 0.15) is 24.7 Å². The molecule has 0 aromatic carbocycles. The predicted molar refractivity (Wildman–Crippen MR) is 86.7 cm³/mol. The molecule has 0 fully saturated rings.